The molecule has 0 fully saturated rings. The van der Waals surface area contributed by atoms with Gasteiger partial charge in [-0.25, -0.2) is 4.98 Å². The van der Waals surface area contributed by atoms with E-state index in [4.69, 9.17) is 9.40 Å². The molecule has 11 rings (SSSR count). The van der Waals surface area contributed by atoms with Gasteiger partial charge in [-0.05, 0) is 64.7 Å². The minimum absolute atomic E-state index is 0.192. The van der Waals surface area contributed by atoms with Crippen molar-refractivity contribution in [3.63, 3.8) is 0 Å². The van der Waals surface area contributed by atoms with Crippen molar-refractivity contribution in [2.45, 2.75) is 19.3 Å². The van der Waals surface area contributed by atoms with Crippen LogP contribution in [0.5, 0.6) is 0 Å². The van der Waals surface area contributed by atoms with E-state index in [0.29, 0.717) is 0 Å². The van der Waals surface area contributed by atoms with Crippen molar-refractivity contribution < 1.29 is 4.42 Å². The molecular formula is C44H28N2OS. The summed E-state index contributed by atoms with van der Waals surface area (Å²) in [7, 11) is 0. The molecule has 0 radical (unpaired) electrons. The maximum Gasteiger partial charge on any atom is 0.144 e. The number of para-hydroxylation sites is 4. The highest BCUT2D eigenvalue weighted by molar-refractivity contribution is 7.25. The Balaban J connectivity index is 1.18. The fraction of sp³-hybridized carbons (Fsp3) is 0.0682. The molecule has 0 amide bonds. The molecule has 3 nitrogen and oxygen atoms in total. The molecule has 48 heavy (non-hydrogen) atoms. The number of hydrogen-bond donors (Lipinski definition) is 0. The van der Waals surface area contributed by atoms with Crippen molar-refractivity contribution in [3.05, 3.63) is 145 Å². The van der Waals surface area contributed by atoms with Gasteiger partial charge in [0, 0.05) is 48.0 Å². The first kappa shape index (κ1) is 26.4. The molecule has 5 heterocycles. The van der Waals surface area contributed by atoms with Crippen molar-refractivity contribution in [2.24, 2.45) is 0 Å². The molecule has 0 N–H and O–H groups in total. The zero-order valence-electron chi connectivity index (χ0n) is 26.4. The summed E-state index contributed by atoms with van der Waals surface area (Å²) in [6.07, 6.45) is 0. The Hall–Kier alpha value is -5.71. The zero-order chi connectivity index (χ0) is 31.7. The lowest BCUT2D eigenvalue weighted by Crippen LogP contribution is -2.26. The molecule has 226 valence electrons. The maximum absolute atomic E-state index is 6.47. The van der Waals surface area contributed by atoms with E-state index in [1.54, 1.807) is 0 Å². The van der Waals surface area contributed by atoms with Gasteiger partial charge in [0.15, 0.2) is 0 Å². The van der Waals surface area contributed by atoms with Gasteiger partial charge in [0.25, 0.3) is 0 Å². The molecule has 10 aromatic rings. The number of nitrogens with zero attached hydrogens (tertiary/aromatic N) is 2. The quantitative estimate of drug-likeness (QED) is 0.190. The molecule has 0 saturated carbocycles. The van der Waals surface area contributed by atoms with E-state index in [9.17, 15) is 0 Å². The summed E-state index contributed by atoms with van der Waals surface area (Å²) in [6.45, 7) is 4.76. The first-order valence-electron chi connectivity index (χ1n) is 16.5. The van der Waals surface area contributed by atoms with Crippen LogP contribution in [0.1, 0.15) is 25.0 Å². The van der Waals surface area contributed by atoms with Gasteiger partial charge in [-0.3, -0.25) is 0 Å². The Labute approximate surface area is 280 Å². The summed E-state index contributed by atoms with van der Waals surface area (Å²) < 4.78 is 10.3. The van der Waals surface area contributed by atoms with Gasteiger partial charge < -0.3 is 8.98 Å². The van der Waals surface area contributed by atoms with Crippen LogP contribution in [0, 0.1) is 0 Å². The molecule has 4 heteroatoms. The van der Waals surface area contributed by atoms with Gasteiger partial charge in [0.05, 0.1) is 22.4 Å². The van der Waals surface area contributed by atoms with Crippen LogP contribution in [-0.4, -0.2) is 9.55 Å². The minimum atomic E-state index is -0.192. The van der Waals surface area contributed by atoms with Gasteiger partial charge in [-0.2, -0.15) is 0 Å². The summed E-state index contributed by atoms with van der Waals surface area (Å²) in [5.41, 5.74) is 12.1. The molecule has 0 bridgehead atoms. The van der Waals surface area contributed by atoms with Crippen molar-refractivity contribution in [3.8, 4) is 28.1 Å². The smallest absolute Gasteiger partial charge is 0.144 e. The van der Waals surface area contributed by atoms with Crippen LogP contribution in [-0.2, 0) is 5.41 Å². The molecule has 1 aliphatic heterocycles. The number of aromatic nitrogens is 2. The highest BCUT2D eigenvalue weighted by atomic mass is 32.1. The minimum Gasteiger partial charge on any atom is -0.455 e. The van der Waals surface area contributed by atoms with E-state index >= 15 is 0 Å². The number of thiophene rings is 1. The molecule has 0 spiro atoms. The van der Waals surface area contributed by atoms with Gasteiger partial charge in [0.2, 0.25) is 0 Å². The number of pyridine rings is 1. The van der Waals surface area contributed by atoms with Gasteiger partial charge in [-0.1, -0.05) is 105 Å². The average molecular weight is 633 g/mol. The fourth-order valence-electron chi connectivity index (χ4n) is 8.32. The molecule has 0 unspecified atom stereocenters. The zero-order valence-corrected chi connectivity index (χ0v) is 27.2. The molecular weight excluding hydrogens is 605 g/mol. The highest BCUT2D eigenvalue weighted by Crippen LogP contribution is 2.51. The van der Waals surface area contributed by atoms with Crippen molar-refractivity contribution >= 4 is 75.4 Å². The second-order valence-electron chi connectivity index (χ2n) is 13.5. The van der Waals surface area contributed by atoms with Crippen molar-refractivity contribution in [2.75, 3.05) is 0 Å². The molecule has 0 saturated heterocycles. The van der Waals surface area contributed by atoms with Crippen LogP contribution in [0.2, 0.25) is 0 Å². The SMILES string of the molecule is CC1(C)c2cc(-c3cc(-c4cccc5c4oc4ccccc45)nc4ccccc34)ccc2-n2c3sc4ccccc4c3c3cccc1c32. The van der Waals surface area contributed by atoms with Crippen LogP contribution < -0.4 is 0 Å². The number of furan rings is 1. The Morgan fingerprint density at radius 2 is 1.38 bits per heavy atom. The number of hydrogen-bond acceptors (Lipinski definition) is 3. The normalized spacial score (nSPS) is 13.8. The maximum atomic E-state index is 6.47. The van der Waals surface area contributed by atoms with Crippen LogP contribution in [0.3, 0.4) is 0 Å². The predicted molar refractivity (Wildman–Crippen MR) is 202 cm³/mol. The topological polar surface area (TPSA) is 31.0 Å². The lowest BCUT2D eigenvalue weighted by molar-refractivity contribution is 0.630. The van der Waals surface area contributed by atoms with Crippen molar-refractivity contribution in [1.29, 1.82) is 0 Å². The fourth-order valence-corrected chi connectivity index (χ4v) is 9.56. The van der Waals surface area contributed by atoms with E-state index < -0.39 is 0 Å². The molecule has 4 aromatic heterocycles. The average Bonchev–Trinajstić information content (AvgIpc) is 3.79. The van der Waals surface area contributed by atoms with E-state index in [0.717, 1.165) is 44.1 Å². The predicted octanol–water partition coefficient (Wildman–Crippen LogP) is 12.4. The van der Waals surface area contributed by atoms with Gasteiger partial charge in [0.1, 0.15) is 16.0 Å². The Kier molecular flexibility index (Phi) is 5.06. The number of benzene rings is 6. The third kappa shape index (κ3) is 3.35. The van der Waals surface area contributed by atoms with Gasteiger partial charge >= 0.3 is 0 Å². The lowest BCUT2D eigenvalue weighted by atomic mass is 9.74. The summed E-state index contributed by atoms with van der Waals surface area (Å²) in [5.74, 6) is 0. The molecule has 0 atom stereocenters. The Morgan fingerprint density at radius 1 is 0.625 bits per heavy atom. The van der Waals surface area contributed by atoms with Crippen LogP contribution in [0.25, 0.3) is 92.1 Å². The first-order valence-corrected chi connectivity index (χ1v) is 17.3. The van der Waals surface area contributed by atoms with Crippen LogP contribution >= 0.6 is 11.3 Å². The monoisotopic (exact) mass is 632 g/mol. The Bertz CT molecular complexity index is 2990. The second-order valence-corrected chi connectivity index (χ2v) is 14.6. The standard InChI is InChI=1S/C44H28N2OS/c1-44(2)33-17-10-16-31-40-30-13-5-8-20-39(30)48-43(40)46(41(31)33)37-22-21-25(23-34(37)44)32-24-36(45-35-18-6-3-11-26(32)35)29-15-9-14-28-27-12-4-7-19-38(27)47-42(28)29/h3-24H,1-2H3. The second kappa shape index (κ2) is 9.21. The molecule has 1 aliphatic rings. The number of rotatable bonds is 2. The summed E-state index contributed by atoms with van der Waals surface area (Å²) in [6, 6.07) is 48.2. The molecule has 6 aromatic carbocycles. The van der Waals surface area contributed by atoms with Crippen molar-refractivity contribution in [1.82, 2.24) is 9.55 Å². The van der Waals surface area contributed by atoms with E-state index in [1.165, 1.54) is 59.1 Å². The largest absolute Gasteiger partial charge is 0.455 e. The Morgan fingerprint density at radius 3 is 2.29 bits per heavy atom. The lowest BCUT2D eigenvalue weighted by Gasteiger charge is -2.35. The van der Waals surface area contributed by atoms with Gasteiger partial charge in [-0.15, -0.1) is 11.3 Å². The first-order chi connectivity index (χ1) is 23.6. The summed E-state index contributed by atoms with van der Waals surface area (Å²) in [5, 5.41) is 7.42. The third-order valence-corrected chi connectivity index (χ3v) is 11.8. The third-order valence-electron chi connectivity index (χ3n) is 10.6. The summed E-state index contributed by atoms with van der Waals surface area (Å²) in [4.78, 5) is 6.53. The van der Waals surface area contributed by atoms with Crippen LogP contribution in [0.15, 0.2) is 138 Å². The summed E-state index contributed by atoms with van der Waals surface area (Å²) >= 11 is 1.89. The van der Waals surface area contributed by atoms with E-state index in [-0.39, 0.29) is 5.41 Å². The van der Waals surface area contributed by atoms with Crippen LogP contribution in [0.4, 0.5) is 0 Å². The van der Waals surface area contributed by atoms with E-state index in [2.05, 4.69) is 140 Å². The number of fused-ring (bicyclic) bond motifs is 11. The van der Waals surface area contributed by atoms with E-state index in [1.807, 2.05) is 23.5 Å². The molecule has 0 aliphatic carbocycles. The highest BCUT2D eigenvalue weighted by Gasteiger charge is 2.36.